The molecular formula is C5H4F6LiNS2. The van der Waals surface area contributed by atoms with E-state index in [1.807, 2.05) is 0 Å². The number of rotatable bonds is 2. The summed E-state index contributed by atoms with van der Waals surface area (Å²) in [5.41, 5.74) is 0. The molecule has 0 radical (unpaired) electrons. The normalized spacial score (nSPS) is 11.9. The number of hydrogen-bond donors (Lipinski definition) is 0. The zero-order chi connectivity index (χ0) is 11.6. The van der Waals surface area contributed by atoms with Crippen molar-refractivity contribution in [3.8, 4) is 0 Å². The van der Waals surface area contributed by atoms with Crippen LogP contribution in [0.3, 0.4) is 0 Å². The molecule has 0 aromatic rings. The molecule has 0 N–H and O–H groups in total. The van der Waals surface area contributed by atoms with Crippen molar-refractivity contribution in [3.63, 3.8) is 0 Å². The summed E-state index contributed by atoms with van der Waals surface area (Å²) in [7, 11) is 0. The molecule has 0 spiro atoms. The summed E-state index contributed by atoms with van der Waals surface area (Å²) in [4.78, 5) is -0.120. The maximum Gasteiger partial charge on any atom is 1.00 e. The van der Waals surface area contributed by atoms with Crippen LogP contribution in [0.15, 0.2) is 0 Å². The molecule has 0 aliphatic rings. The number of alkyl halides is 6. The van der Waals surface area contributed by atoms with E-state index in [9.17, 15) is 26.3 Å². The van der Waals surface area contributed by atoms with Gasteiger partial charge in [-0.1, -0.05) is 4.32 Å². The fraction of sp³-hybridized carbons (Fsp3) is 0.800. The second-order valence-corrected chi connectivity index (χ2v) is 3.38. The summed E-state index contributed by atoms with van der Waals surface area (Å²) >= 11 is 8.19. The van der Waals surface area contributed by atoms with E-state index in [1.165, 1.54) is 0 Å². The number of thiocarbonyl (C=S) groups is 1. The number of hydrogen-bond acceptors (Lipinski definition) is 2. The molecule has 0 amide bonds. The average Bonchev–Trinajstić information content (AvgIpc) is 1.78. The van der Waals surface area contributed by atoms with E-state index in [1.54, 1.807) is 0 Å². The van der Waals surface area contributed by atoms with Gasteiger partial charge in [0.15, 0.2) is 0 Å². The molecule has 0 aliphatic heterocycles. The van der Waals surface area contributed by atoms with Gasteiger partial charge in [-0.2, -0.15) is 26.3 Å². The third kappa shape index (κ3) is 10.6. The summed E-state index contributed by atoms with van der Waals surface area (Å²) < 4.78 is 69.5. The Labute approximate surface area is 105 Å². The first-order valence-electron chi connectivity index (χ1n) is 3.11. The quantitative estimate of drug-likeness (QED) is 0.279. The third-order valence-electron chi connectivity index (χ3n) is 0.998. The van der Waals surface area contributed by atoms with Gasteiger partial charge in [0, 0.05) is 0 Å². The molecule has 0 aromatic carbocycles. The van der Waals surface area contributed by atoms with Crippen LogP contribution in [0, 0.1) is 0 Å². The van der Waals surface area contributed by atoms with Crippen LogP contribution in [0.2, 0.25) is 0 Å². The molecule has 10 heteroatoms. The first kappa shape index (κ1) is 17.7. The second kappa shape index (κ2) is 6.13. The SMILES string of the molecule is FC(F)(F)CN(CC(F)(F)F)C(=S)[S-].[Li+]. The van der Waals surface area contributed by atoms with Crippen LogP contribution >= 0.6 is 12.2 Å². The van der Waals surface area contributed by atoms with E-state index in [-0.39, 0.29) is 23.8 Å². The maximum atomic E-state index is 11.7. The summed E-state index contributed by atoms with van der Waals surface area (Å²) in [5, 5.41) is 0. The van der Waals surface area contributed by atoms with Gasteiger partial charge in [0.25, 0.3) is 0 Å². The van der Waals surface area contributed by atoms with Gasteiger partial charge in [0.2, 0.25) is 0 Å². The maximum absolute atomic E-state index is 11.7. The zero-order valence-corrected chi connectivity index (χ0v) is 9.08. The topological polar surface area (TPSA) is 3.24 Å². The summed E-state index contributed by atoms with van der Waals surface area (Å²) in [5.74, 6) is 0. The molecule has 1 nitrogen and oxygen atoms in total. The Bertz CT molecular complexity index is 199. The van der Waals surface area contributed by atoms with Crippen molar-refractivity contribution in [1.82, 2.24) is 4.90 Å². The number of nitrogens with zero attached hydrogens (tertiary/aromatic N) is 1. The van der Waals surface area contributed by atoms with Crippen LogP contribution in [-0.2, 0) is 12.6 Å². The smallest absolute Gasteiger partial charge is 0.411 e. The molecule has 0 bridgehead atoms. The van der Waals surface area contributed by atoms with E-state index < -0.39 is 29.8 Å². The third-order valence-corrected chi connectivity index (χ3v) is 1.51. The van der Waals surface area contributed by atoms with E-state index in [2.05, 4.69) is 24.8 Å². The van der Waals surface area contributed by atoms with E-state index in [0.29, 0.717) is 0 Å². The van der Waals surface area contributed by atoms with Gasteiger partial charge < -0.3 is 29.7 Å². The molecular weight excluding hydrogens is 259 g/mol. The largest absolute Gasteiger partial charge is 1.00 e. The van der Waals surface area contributed by atoms with Crippen LogP contribution in [-0.4, -0.2) is 34.7 Å². The molecule has 0 saturated heterocycles. The Hall–Kier alpha value is 0.287. The average molecular weight is 263 g/mol. The van der Waals surface area contributed by atoms with E-state index in [4.69, 9.17) is 0 Å². The molecule has 0 aliphatic carbocycles. The van der Waals surface area contributed by atoms with Crippen molar-refractivity contribution in [1.29, 1.82) is 0 Å². The summed E-state index contributed by atoms with van der Waals surface area (Å²) in [6.07, 6.45) is -9.51. The minimum Gasteiger partial charge on any atom is -0.411 e. The van der Waals surface area contributed by atoms with Gasteiger partial charge in [-0.3, -0.25) is 0 Å². The van der Waals surface area contributed by atoms with Crippen molar-refractivity contribution < 1.29 is 45.2 Å². The molecule has 0 heterocycles. The first-order chi connectivity index (χ1) is 6.01. The van der Waals surface area contributed by atoms with E-state index >= 15 is 0 Å². The molecule has 0 unspecified atom stereocenters. The summed E-state index contributed by atoms with van der Waals surface area (Å²) in [6.45, 7) is -3.57. The monoisotopic (exact) mass is 263 g/mol. The molecule has 0 aromatic heterocycles. The minimum absolute atomic E-state index is 0. The molecule has 0 atom stereocenters. The first-order valence-corrected chi connectivity index (χ1v) is 3.92. The predicted octanol–water partition coefficient (Wildman–Crippen LogP) is -0.751. The molecule has 84 valence electrons. The second-order valence-electron chi connectivity index (χ2n) is 2.35. The van der Waals surface area contributed by atoms with Gasteiger partial charge in [-0.15, -0.1) is 0 Å². The Morgan fingerprint density at radius 1 is 1.00 bits per heavy atom. The Balaban J connectivity index is 0. The molecule has 0 rings (SSSR count). The Kier molecular flexibility index (Phi) is 7.22. The van der Waals surface area contributed by atoms with Crippen molar-refractivity contribution in [2.24, 2.45) is 0 Å². The summed E-state index contributed by atoms with van der Waals surface area (Å²) in [6, 6.07) is 0. The van der Waals surface area contributed by atoms with Crippen molar-refractivity contribution >= 4 is 29.2 Å². The predicted molar refractivity (Wildman–Crippen MR) is 43.6 cm³/mol. The van der Waals surface area contributed by atoms with Crippen LogP contribution in [0.4, 0.5) is 26.3 Å². The Morgan fingerprint density at radius 3 is 1.40 bits per heavy atom. The van der Waals surface area contributed by atoms with Crippen molar-refractivity contribution in [3.05, 3.63) is 0 Å². The van der Waals surface area contributed by atoms with Crippen molar-refractivity contribution in [2.75, 3.05) is 13.1 Å². The van der Waals surface area contributed by atoms with Gasteiger partial charge in [0.1, 0.15) is 13.1 Å². The van der Waals surface area contributed by atoms with Gasteiger partial charge in [0.05, 0.1) is 0 Å². The van der Waals surface area contributed by atoms with Gasteiger partial charge in [-0.05, 0) is 0 Å². The Morgan fingerprint density at radius 2 is 1.27 bits per heavy atom. The fourth-order valence-electron chi connectivity index (χ4n) is 0.618. The minimum atomic E-state index is -4.76. The van der Waals surface area contributed by atoms with Gasteiger partial charge >= 0.3 is 31.2 Å². The fourth-order valence-corrected chi connectivity index (χ4v) is 0.876. The molecule has 0 saturated carbocycles. The molecule has 15 heavy (non-hydrogen) atoms. The van der Waals surface area contributed by atoms with Crippen molar-refractivity contribution in [2.45, 2.75) is 12.4 Å². The van der Waals surface area contributed by atoms with E-state index in [0.717, 1.165) is 0 Å². The van der Waals surface area contributed by atoms with Crippen LogP contribution < -0.4 is 18.9 Å². The van der Waals surface area contributed by atoms with Crippen LogP contribution in [0.25, 0.3) is 0 Å². The van der Waals surface area contributed by atoms with Crippen LogP contribution in [0.1, 0.15) is 0 Å². The standard InChI is InChI=1S/C5H5F6NS2.Li/c6-4(7,8)1-12(3(13)14)2-5(9,10)11;/h1-2H2,(H,13,14);/q;+1/p-1. The zero-order valence-electron chi connectivity index (χ0n) is 7.45. The van der Waals surface area contributed by atoms with Gasteiger partial charge in [-0.25, -0.2) is 0 Å². The number of halogens is 6. The van der Waals surface area contributed by atoms with Crippen LogP contribution in [0.5, 0.6) is 0 Å². The molecule has 0 fully saturated rings.